The molecule has 1 heterocycles. The molecule has 9 heteroatoms. The molecule has 1 aromatic heterocycles. The third-order valence-corrected chi connectivity index (χ3v) is 5.60. The molecule has 0 aliphatic carbocycles. The van der Waals surface area contributed by atoms with Crippen molar-refractivity contribution < 1.29 is 9.84 Å². The molecule has 0 saturated carbocycles. The van der Waals surface area contributed by atoms with Crippen LogP contribution in [0.2, 0.25) is 5.02 Å². The van der Waals surface area contributed by atoms with Crippen LogP contribution in [0.5, 0.6) is 11.6 Å². The largest absolute Gasteiger partial charge is 0.495 e. The number of methoxy groups -OCH3 is 1. The van der Waals surface area contributed by atoms with Crippen LogP contribution in [-0.4, -0.2) is 21.4 Å². The highest BCUT2D eigenvalue weighted by Crippen LogP contribution is 2.31. The van der Waals surface area contributed by atoms with E-state index >= 15 is 0 Å². The number of aryl methyl sites for hydroxylation is 1. The Hall–Kier alpha value is -3.75. The number of azo groups is 1. The lowest BCUT2D eigenvalue weighted by molar-refractivity contribution is 0.410. The van der Waals surface area contributed by atoms with Gasteiger partial charge < -0.3 is 9.84 Å². The Bertz CT molecular complexity index is 1480. The highest BCUT2D eigenvalue weighted by atomic mass is 35.5. The van der Waals surface area contributed by atoms with Crippen molar-refractivity contribution in [2.24, 2.45) is 10.2 Å². The number of aromatic nitrogens is 2. The number of benzene rings is 3. The molecule has 0 aliphatic rings. The number of hydrogen-bond acceptors (Lipinski definition) is 6. The summed E-state index contributed by atoms with van der Waals surface area (Å²) in [6.07, 6.45) is 0. The molecule has 0 spiro atoms. The zero-order valence-corrected chi connectivity index (χ0v) is 19.3. The van der Waals surface area contributed by atoms with Crippen molar-refractivity contribution in [3.63, 3.8) is 0 Å². The normalized spacial score (nSPS) is 11.1. The molecule has 0 amide bonds. The standard InChI is InChI=1S/C24H19ClN4O3S/c1-15-7-3-4-8-18(15)28-22(30)21(27-26-17-13-11-16(25)12-14-17)23(31)29(24(28)33)19-9-5-6-10-20(19)32-2/h3-14,30H,1-2H3. The minimum Gasteiger partial charge on any atom is -0.495 e. The van der Waals surface area contributed by atoms with Crippen molar-refractivity contribution in [3.8, 4) is 23.0 Å². The van der Waals surface area contributed by atoms with Gasteiger partial charge in [-0.2, -0.15) is 5.11 Å². The Kier molecular flexibility index (Phi) is 6.39. The molecule has 3 aromatic carbocycles. The van der Waals surface area contributed by atoms with E-state index in [9.17, 15) is 9.90 Å². The Morgan fingerprint density at radius 2 is 1.55 bits per heavy atom. The van der Waals surface area contributed by atoms with Crippen molar-refractivity contribution in [2.75, 3.05) is 7.11 Å². The second kappa shape index (κ2) is 9.40. The Morgan fingerprint density at radius 1 is 0.909 bits per heavy atom. The summed E-state index contributed by atoms with van der Waals surface area (Å²) in [7, 11) is 1.50. The molecule has 166 valence electrons. The summed E-state index contributed by atoms with van der Waals surface area (Å²) in [5, 5.41) is 19.9. The second-order valence-electron chi connectivity index (χ2n) is 7.07. The lowest BCUT2D eigenvalue weighted by atomic mass is 10.2. The van der Waals surface area contributed by atoms with Crippen LogP contribution in [0.15, 0.2) is 87.8 Å². The number of para-hydroxylation sites is 3. The molecule has 0 saturated heterocycles. The molecule has 33 heavy (non-hydrogen) atoms. The molecular weight excluding hydrogens is 460 g/mol. The van der Waals surface area contributed by atoms with E-state index in [0.717, 1.165) is 5.56 Å². The fourth-order valence-electron chi connectivity index (χ4n) is 3.35. The van der Waals surface area contributed by atoms with E-state index in [-0.39, 0.29) is 10.5 Å². The highest BCUT2D eigenvalue weighted by molar-refractivity contribution is 7.71. The van der Waals surface area contributed by atoms with E-state index in [1.807, 2.05) is 25.1 Å². The summed E-state index contributed by atoms with van der Waals surface area (Å²) in [5.41, 5.74) is 1.42. The number of rotatable bonds is 5. The van der Waals surface area contributed by atoms with Crippen LogP contribution in [0.3, 0.4) is 0 Å². The first-order chi connectivity index (χ1) is 15.9. The van der Waals surface area contributed by atoms with Crippen molar-refractivity contribution in [2.45, 2.75) is 6.92 Å². The predicted molar refractivity (Wildman–Crippen MR) is 131 cm³/mol. The summed E-state index contributed by atoms with van der Waals surface area (Å²) in [6.45, 7) is 1.88. The van der Waals surface area contributed by atoms with E-state index in [0.29, 0.717) is 27.8 Å². The van der Waals surface area contributed by atoms with Gasteiger partial charge in [0.15, 0.2) is 4.77 Å². The average molecular weight is 479 g/mol. The van der Waals surface area contributed by atoms with E-state index in [1.54, 1.807) is 54.6 Å². The van der Waals surface area contributed by atoms with Crippen molar-refractivity contribution >= 4 is 35.2 Å². The first kappa shape index (κ1) is 22.4. The molecule has 0 atom stereocenters. The number of hydrogen-bond donors (Lipinski definition) is 1. The van der Waals surface area contributed by atoms with Gasteiger partial charge in [0.1, 0.15) is 5.75 Å². The Morgan fingerprint density at radius 3 is 2.21 bits per heavy atom. The smallest absolute Gasteiger partial charge is 0.290 e. The first-order valence-electron chi connectivity index (χ1n) is 9.90. The van der Waals surface area contributed by atoms with E-state index in [4.69, 9.17) is 28.6 Å². The summed E-state index contributed by atoms with van der Waals surface area (Å²) >= 11 is 11.6. The van der Waals surface area contributed by atoms with Gasteiger partial charge in [0.2, 0.25) is 11.6 Å². The van der Waals surface area contributed by atoms with Gasteiger partial charge in [0, 0.05) is 5.02 Å². The maximum Gasteiger partial charge on any atom is 0.290 e. The Balaban J connectivity index is 2.05. The van der Waals surface area contributed by atoms with E-state index in [2.05, 4.69) is 10.2 Å². The number of aromatic hydroxyl groups is 1. The van der Waals surface area contributed by atoms with E-state index < -0.39 is 11.4 Å². The molecule has 0 radical (unpaired) electrons. The van der Waals surface area contributed by atoms with Crippen LogP contribution in [0.25, 0.3) is 11.4 Å². The maximum absolute atomic E-state index is 13.5. The zero-order chi connectivity index (χ0) is 23.5. The summed E-state index contributed by atoms with van der Waals surface area (Å²) in [5.74, 6) is 0.0245. The van der Waals surface area contributed by atoms with Gasteiger partial charge in [-0.1, -0.05) is 41.9 Å². The molecule has 4 rings (SSSR count). The van der Waals surface area contributed by atoms with Crippen LogP contribution in [0.4, 0.5) is 11.4 Å². The summed E-state index contributed by atoms with van der Waals surface area (Å²) in [6, 6.07) is 20.9. The molecular formula is C24H19ClN4O3S. The van der Waals surface area contributed by atoms with E-state index in [1.165, 1.54) is 16.2 Å². The lowest BCUT2D eigenvalue weighted by Crippen LogP contribution is -2.23. The molecule has 0 aliphatic heterocycles. The predicted octanol–water partition coefficient (Wildman–Crippen LogP) is 6.45. The maximum atomic E-state index is 13.5. The first-order valence-corrected chi connectivity index (χ1v) is 10.7. The van der Waals surface area contributed by atoms with Crippen molar-refractivity contribution in [3.05, 3.63) is 98.5 Å². The number of nitrogens with zero attached hydrogens (tertiary/aromatic N) is 4. The van der Waals surface area contributed by atoms with Crippen LogP contribution in [-0.2, 0) is 0 Å². The van der Waals surface area contributed by atoms with Crippen LogP contribution >= 0.6 is 23.8 Å². The fraction of sp³-hybridized carbons (Fsp3) is 0.0833. The van der Waals surface area contributed by atoms with Crippen molar-refractivity contribution in [1.82, 2.24) is 9.13 Å². The quantitative estimate of drug-likeness (QED) is 0.264. The molecule has 4 aromatic rings. The summed E-state index contributed by atoms with van der Waals surface area (Å²) < 4.78 is 8.17. The van der Waals surface area contributed by atoms with Crippen LogP contribution in [0, 0.1) is 11.7 Å². The van der Waals surface area contributed by atoms with Crippen LogP contribution in [0.1, 0.15) is 5.56 Å². The minimum absolute atomic E-state index is 0.0572. The van der Waals surface area contributed by atoms with Crippen LogP contribution < -0.4 is 10.3 Å². The minimum atomic E-state index is -0.635. The lowest BCUT2D eigenvalue weighted by Gasteiger charge is -2.18. The van der Waals surface area contributed by atoms with Gasteiger partial charge in [-0.15, -0.1) is 5.11 Å². The molecule has 0 bridgehead atoms. The molecule has 0 fully saturated rings. The van der Waals surface area contributed by atoms with Gasteiger partial charge in [-0.05, 0) is 67.2 Å². The third-order valence-electron chi connectivity index (χ3n) is 4.99. The van der Waals surface area contributed by atoms with Gasteiger partial charge in [0.05, 0.1) is 24.2 Å². The Labute approximate surface area is 199 Å². The monoisotopic (exact) mass is 478 g/mol. The van der Waals surface area contributed by atoms with Gasteiger partial charge in [-0.25, -0.2) is 4.57 Å². The third kappa shape index (κ3) is 4.30. The topological polar surface area (TPSA) is 81.1 Å². The molecule has 0 unspecified atom stereocenters. The second-order valence-corrected chi connectivity index (χ2v) is 7.87. The fourth-order valence-corrected chi connectivity index (χ4v) is 3.84. The molecule has 7 nitrogen and oxygen atoms in total. The highest BCUT2D eigenvalue weighted by Gasteiger charge is 2.21. The summed E-state index contributed by atoms with van der Waals surface area (Å²) in [4.78, 5) is 13.5. The van der Waals surface area contributed by atoms with Gasteiger partial charge in [-0.3, -0.25) is 9.36 Å². The van der Waals surface area contributed by atoms with Gasteiger partial charge >= 0.3 is 0 Å². The zero-order valence-electron chi connectivity index (χ0n) is 17.8. The average Bonchev–Trinajstić information content (AvgIpc) is 2.81. The number of ether oxygens (including phenoxy) is 1. The SMILES string of the molecule is COc1ccccc1-n1c(=O)c(N=Nc2ccc(Cl)cc2)c(O)n(-c2ccccc2C)c1=S. The number of halogens is 1. The van der Waals surface area contributed by atoms with Gasteiger partial charge in [0.25, 0.3) is 5.56 Å². The molecule has 1 N–H and O–H groups in total. The van der Waals surface area contributed by atoms with Crippen molar-refractivity contribution in [1.29, 1.82) is 0 Å².